The van der Waals surface area contributed by atoms with Crippen molar-refractivity contribution < 1.29 is 14.4 Å². The molecule has 5 nitrogen and oxygen atoms in total. The maximum absolute atomic E-state index is 10.8. The number of rotatable bonds is 2. The molecule has 74 valence electrons. The van der Waals surface area contributed by atoms with Crippen LogP contribution < -0.4 is 10.6 Å². The van der Waals surface area contributed by atoms with Crippen LogP contribution in [0.15, 0.2) is 0 Å². The highest BCUT2D eigenvalue weighted by Gasteiger charge is 2.25. The van der Waals surface area contributed by atoms with E-state index in [1.165, 1.54) is 0 Å². The molecular weight excluding hydrogens is 172 g/mol. The van der Waals surface area contributed by atoms with Gasteiger partial charge in [-0.25, -0.2) is 0 Å². The van der Waals surface area contributed by atoms with Crippen molar-refractivity contribution in [2.24, 2.45) is 0 Å². The first-order valence-corrected chi connectivity index (χ1v) is 4.27. The summed E-state index contributed by atoms with van der Waals surface area (Å²) in [5, 5.41) is 4.42. The van der Waals surface area contributed by atoms with Crippen molar-refractivity contribution in [3.63, 3.8) is 0 Å². The molecule has 0 radical (unpaired) electrons. The third-order valence-corrected chi connectivity index (χ3v) is 1.51. The molecule has 0 aromatic heterocycles. The first-order chi connectivity index (χ1) is 6.24. The van der Waals surface area contributed by atoms with Crippen molar-refractivity contribution in [3.05, 3.63) is 0 Å². The molecule has 0 saturated carbocycles. The van der Waals surface area contributed by atoms with Crippen molar-refractivity contribution in [1.29, 1.82) is 0 Å². The highest BCUT2D eigenvalue weighted by atomic mass is 16.2. The Morgan fingerprint density at radius 2 is 2.08 bits per heavy atom. The van der Waals surface area contributed by atoms with Gasteiger partial charge in [-0.05, 0) is 6.42 Å². The summed E-state index contributed by atoms with van der Waals surface area (Å²) in [7, 11) is 0. The molecule has 1 atom stereocenters. The summed E-state index contributed by atoms with van der Waals surface area (Å²) in [6, 6.07) is -0.537. The molecule has 0 bridgehead atoms. The predicted molar refractivity (Wildman–Crippen MR) is 46.7 cm³/mol. The fraction of sp³-hybridized carbons (Fsp3) is 0.625. The molecule has 1 fully saturated rings. The van der Waals surface area contributed by atoms with Gasteiger partial charge in [-0.2, -0.15) is 0 Å². The van der Waals surface area contributed by atoms with Crippen LogP contribution in [-0.2, 0) is 14.4 Å². The Kier molecular flexibility index (Phi) is 5.50. The average molecular weight is 186 g/mol. The van der Waals surface area contributed by atoms with Crippen LogP contribution in [0.2, 0.25) is 0 Å². The fourth-order valence-electron chi connectivity index (χ4n) is 0.935. The number of hydrogen-bond acceptors (Lipinski definition) is 3. The second kappa shape index (κ2) is 6.16. The van der Waals surface area contributed by atoms with Crippen LogP contribution >= 0.6 is 0 Å². The van der Waals surface area contributed by atoms with Gasteiger partial charge in [0.2, 0.25) is 18.2 Å². The summed E-state index contributed by atoms with van der Waals surface area (Å²) in [4.78, 5) is 31.3. The Morgan fingerprint density at radius 3 is 2.54 bits per heavy atom. The molecule has 3 amide bonds. The SMILES string of the molecule is CC.O=CNC1CCC(=O)NC1=O. The molecule has 0 aromatic carbocycles. The van der Waals surface area contributed by atoms with Crippen LogP contribution in [-0.4, -0.2) is 24.3 Å². The van der Waals surface area contributed by atoms with E-state index in [-0.39, 0.29) is 12.3 Å². The summed E-state index contributed by atoms with van der Waals surface area (Å²) in [6.07, 6.45) is 1.14. The third-order valence-electron chi connectivity index (χ3n) is 1.51. The van der Waals surface area contributed by atoms with Gasteiger partial charge in [-0.1, -0.05) is 13.8 Å². The molecule has 1 saturated heterocycles. The summed E-state index contributed by atoms with van der Waals surface area (Å²) in [5.41, 5.74) is 0. The van der Waals surface area contributed by atoms with Gasteiger partial charge in [-0.3, -0.25) is 19.7 Å². The first-order valence-electron chi connectivity index (χ1n) is 4.27. The maximum Gasteiger partial charge on any atom is 0.249 e. The van der Waals surface area contributed by atoms with E-state index < -0.39 is 11.9 Å². The number of nitrogens with one attached hydrogen (secondary N) is 2. The van der Waals surface area contributed by atoms with Gasteiger partial charge in [0.05, 0.1) is 0 Å². The topological polar surface area (TPSA) is 75.3 Å². The molecule has 1 unspecified atom stereocenters. The second-order valence-corrected chi connectivity index (χ2v) is 2.29. The lowest BCUT2D eigenvalue weighted by Crippen LogP contribution is -2.50. The van der Waals surface area contributed by atoms with Gasteiger partial charge in [0.25, 0.3) is 0 Å². The lowest BCUT2D eigenvalue weighted by molar-refractivity contribution is -0.135. The van der Waals surface area contributed by atoms with E-state index >= 15 is 0 Å². The highest BCUT2D eigenvalue weighted by molar-refractivity contribution is 6.00. The van der Waals surface area contributed by atoms with Crippen LogP contribution in [0.3, 0.4) is 0 Å². The number of hydrogen-bond donors (Lipinski definition) is 2. The molecule has 1 aliphatic heterocycles. The fourth-order valence-corrected chi connectivity index (χ4v) is 0.935. The summed E-state index contributed by atoms with van der Waals surface area (Å²) >= 11 is 0. The Morgan fingerprint density at radius 1 is 1.46 bits per heavy atom. The molecular formula is C8H14N2O3. The smallest absolute Gasteiger partial charge is 0.249 e. The normalized spacial score (nSPS) is 20.9. The Bertz CT molecular complexity index is 204. The van der Waals surface area contributed by atoms with Gasteiger partial charge < -0.3 is 5.32 Å². The Balaban J connectivity index is 0.000000671. The zero-order valence-corrected chi connectivity index (χ0v) is 7.79. The minimum absolute atomic E-state index is 0.279. The van der Waals surface area contributed by atoms with Crippen LogP contribution in [0, 0.1) is 0 Å². The number of carbonyl (C=O) groups excluding carboxylic acids is 3. The summed E-state index contributed by atoms with van der Waals surface area (Å²) in [6.45, 7) is 4.00. The number of carbonyl (C=O) groups is 3. The molecule has 5 heteroatoms. The number of amides is 3. The minimum atomic E-state index is -0.537. The van der Waals surface area contributed by atoms with Gasteiger partial charge >= 0.3 is 0 Å². The Hall–Kier alpha value is -1.39. The van der Waals surface area contributed by atoms with E-state index in [9.17, 15) is 14.4 Å². The van der Waals surface area contributed by atoms with Crippen LogP contribution in [0.4, 0.5) is 0 Å². The zero-order valence-electron chi connectivity index (χ0n) is 7.79. The molecule has 1 heterocycles. The van der Waals surface area contributed by atoms with Crippen molar-refractivity contribution in [2.75, 3.05) is 0 Å². The van der Waals surface area contributed by atoms with Gasteiger partial charge in [0, 0.05) is 6.42 Å². The quantitative estimate of drug-likeness (QED) is 0.453. The lowest BCUT2D eigenvalue weighted by Gasteiger charge is -2.19. The highest BCUT2D eigenvalue weighted by Crippen LogP contribution is 2.02. The molecule has 0 aliphatic carbocycles. The van der Waals surface area contributed by atoms with Crippen molar-refractivity contribution in [2.45, 2.75) is 32.7 Å². The molecule has 13 heavy (non-hydrogen) atoms. The molecule has 1 aliphatic rings. The van der Waals surface area contributed by atoms with E-state index in [0.29, 0.717) is 12.8 Å². The van der Waals surface area contributed by atoms with E-state index in [4.69, 9.17) is 0 Å². The van der Waals surface area contributed by atoms with E-state index in [1.807, 2.05) is 13.8 Å². The van der Waals surface area contributed by atoms with Crippen LogP contribution in [0.1, 0.15) is 26.7 Å². The average Bonchev–Trinajstić information content (AvgIpc) is 2.14. The maximum atomic E-state index is 10.8. The minimum Gasteiger partial charge on any atom is -0.347 e. The summed E-state index contributed by atoms with van der Waals surface area (Å²) in [5.74, 6) is -0.702. The predicted octanol–water partition coefficient (Wildman–Crippen LogP) is -0.436. The van der Waals surface area contributed by atoms with E-state index in [0.717, 1.165) is 0 Å². The van der Waals surface area contributed by atoms with Gasteiger partial charge in [0.1, 0.15) is 6.04 Å². The number of piperidine rings is 1. The standard InChI is InChI=1S/C6H8N2O3.C2H6/c9-3-7-4-1-2-5(10)8-6(4)11;1-2/h3-4H,1-2H2,(H,7,9)(H,8,10,11);1-2H3. The van der Waals surface area contributed by atoms with E-state index in [1.54, 1.807) is 0 Å². The monoisotopic (exact) mass is 186 g/mol. The first kappa shape index (κ1) is 11.6. The second-order valence-electron chi connectivity index (χ2n) is 2.29. The van der Waals surface area contributed by atoms with Crippen LogP contribution in [0.25, 0.3) is 0 Å². The van der Waals surface area contributed by atoms with E-state index in [2.05, 4.69) is 10.6 Å². The Labute approximate surface area is 76.9 Å². The van der Waals surface area contributed by atoms with Crippen molar-refractivity contribution in [3.8, 4) is 0 Å². The number of imide groups is 1. The molecule has 1 rings (SSSR count). The molecule has 0 aromatic rings. The zero-order chi connectivity index (χ0) is 10.3. The third kappa shape index (κ3) is 3.68. The van der Waals surface area contributed by atoms with Crippen molar-refractivity contribution in [1.82, 2.24) is 10.6 Å². The summed E-state index contributed by atoms with van der Waals surface area (Å²) < 4.78 is 0. The largest absolute Gasteiger partial charge is 0.347 e. The van der Waals surface area contributed by atoms with Crippen LogP contribution in [0.5, 0.6) is 0 Å². The van der Waals surface area contributed by atoms with Gasteiger partial charge in [0.15, 0.2) is 0 Å². The molecule has 2 N–H and O–H groups in total. The molecule has 0 spiro atoms. The lowest BCUT2D eigenvalue weighted by atomic mass is 10.1. The van der Waals surface area contributed by atoms with Gasteiger partial charge in [-0.15, -0.1) is 0 Å². The van der Waals surface area contributed by atoms with Crippen molar-refractivity contribution >= 4 is 18.2 Å².